The van der Waals surface area contributed by atoms with E-state index in [2.05, 4.69) is 19.2 Å². The first-order valence-corrected chi connectivity index (χ1v) is 5.09. The van der Waals surface area contributed by atoms with E-state index in [0.29, 0.717) is 5.92 Å². The molecule has 0 radical (unpaired) electrons. The highest BCUT2D eigenvalue weighted by Crippen LogP contribution is 2.42. The Labute approximate surface area is 83.6 Å². The van der Waals surface area contributed by atoms with Gasteiger partial charge in [-0.2, -0.15) is 0 Å². The average molecular weight is 196 g/mol. The van der Waals surface area contributed by atoms with Crippen LogP contribution in [0.25, 0.3) is 0 Å². The van der Waals surface area contributed by atoms with Crippen molar-refractivity contribution in [1.82, 2.24) is 10.2 Å². The van der Waals surface area contributed by atoms with E-state index < -0.39 is 0 Å². The van der Waals surface area contributed by atoms with E-state index in [0.717, 1.165) is 0 Å². The summed E-state index contributed by atoms with van der Waals surface area (Å²) in [5, 5.41) is 2.56. The number of hydrogen-bond acceptors (Lipinski definition) is 2. The zero-order valence-electron chi connectivity index (χ0n) is 8.67. The summed E-state index contributed by atoms with van der Waals surface area (Å²) in [5.74, 6) is 0.581. The second kappa shape index (κ2) is 2.97. The molecule has 0 unspecified atom stereocenters. The maximum absolute atomic E-state index is 11.6. The maximum atomic E-state index is 11.6. The molecule has 4 heteroatoms. The summed E-state index contributed by atoms with van der Waals surface area (Å²) < 4.78 is 0. The molecule has 1 N–H and O–H groups in total. The van der Waals surface area contributed by atoms with E-state index in [1.807, 2.05) is 0 Å². The zero-order chi connectivity index (χ0) is 10.3. The predicted octanol–water partition coefficient (Wildman–Crippen LogP) is 0.133. The minimum absolute atomic E-state index is 0.0431. The molecule has 0 bridgehead atoms. The third kappa shape index (κ3) is 1.49. The number of amides is 2. The first-order chi connectivity index (χ1) is 6.51. The molecule has 2 amide bonds. The van der Waals surface area contributed by atoms with Gasteiger partial charge in [0.1, 0.15) is 6.54 Å². The largest absolute Gasteiger partial charge is 0.345 e. The molecule has 0 spiro atoms. The van der Waals surface area contributed by atoms with Gasteiger partial charge in [0.05, 0.1) is 6.54 Å². The Balaban J connectivity index is 2.13. The Morgan fingerprint density at radius 3 is 2.57 bits per heavy atom. The Bertz CT molecular complexity index is 282. The molecule has 0 aromatic heterocycles. The standard InChI is InChI=1S/C10H16N2O2/c1-10(2,7-3-4-7)12-6-8(13)11-5-9(12)14/h7H,3-6H2,1-2H3,(H,11,13). The van der Waals surface area contributed by atoms with Gasteiger partial charge in [0.2, 0.25) is 11.8 Å². The fourth-order valence-corrected chi connectivity index (χ4v) is 2.09. The van der Waals surface area contributed by atoms with Crippen molar-refractivity contribution in [3.05, 3.63) is 0 Å². The number of rotatable bonds is 2. The summed E-state index contributed by atoms with van der Waals surface area (Å²) in [6.45, 7) is 4.50. The maximum Gasteiger partial charge on any atom is 0.242 e. The van der Waals surface area contributed by atoms with Gasteiger partial charge < -0.3 is 10.2 Å². The van der Waals surface area contributed by atoms with Crippen LogP contribution in [-0.4, -0.2) is 35.3 Å². The van der Waals surface area contributed by atoms with Crippen molar-refractivity contribution in [2.75, 3.05) is 13.1 Å². The number of nitrogens with one attached hydrogen (secondary N) is 1. The van der Waals surface area contributed by atoms with Crippen LogP contribution in [0.5, 0.6) is 0 Å². The van der Waals surface area contributed by atoms with Crippen LogP contribution in [0.3, 0.4) is 0 Å². The number of hydrogen-bond donors (Lipinski definition) is 1. The quantitative estimate of drug-likeness (QED) is 0.682. The third-order valence-corrected chi connectivity index (χ3v) is 3.31. The summed E-state index contributed by atoms with van der Waals surface area (Å²) in [4.78, 5) is 24.6. The van der Waals surface area contributed by atoms with Crippen molar-refractivity contribution in [2.45, 2.75) is 32.2 Å². The van der Waals surface area contributed by atoms with E-state index in [-0.39, 0.29) is 30.4 Å². The predicted molar refractivity (Wildman–Crippen MR) is 51.5 cm³/mol. The number of carbonyl (C=O) groups is 2. The molecule has 1 aliphatic heterocycles. The second-order valence-corrected chi connectivity index (χ2v) is 4.68. The lowest BCUT2D eigenvalue weighted by Gasteiger charge is -2.40. The van der Waals surface area contributed by atoms with E-state index >= 15 is 0 Å². The Morgan fingerprint density at radius 2 is 2.00 bits per heavy atom. The van der Waals surface area contributed by atoms with E-state index in [1.165, 1.54) is 12.8 Å². The molecule has 14 heavy (non-hydrogen) atoms. The molecule has 2 fully saturated rings. The van der Waals surface area contributed by atoms with Crippen LogP contribution in [0.15, 0.2) is 0 Å². The van der Waals surface area contributed by atoms with Crippen molar-refractivity contribution in [1.29, 1.82) is 0 Å². The zero-order valence-corrected chi connectivity index (χ0v) is 8.67. The van der Waals surface area contributed by atoms with Gasteiger partial charge in [-0.1, -0.05) is 0 Å². The number of nitrogens with zero attached hydrogens (tertiary/aromatic N) is 1. The molecule has 2 aliphatic rings. The Morgan fingerprint density at radius 1 is 1.36 bits per heavy atom. The first-order valence-electron chi connectivity index (χ1n) is 5.09. The first kappa shape index (κ1) is 9.49. The molecule has 0 aromatic carbocycles. The van der Waals surface area contributed by atoms with Gasteiger partial charge in [0.25, 0.3) is 0 Å². The van der Waals surface area contributed by atoms with Gasteiger partial charge in [0.15, 0.2) is 0 Å². The van der Waals surface area contributed by atoms with Crippen molar-refractivity contribution in [2.24, 2.45) is 5.92 Å². The van der Waals surface area contributed by atoms with E-state index in [9.17, 15) is 9.59 Å². The molecule has 1 saturated carbocycles. The van der Waals surface area contributed by atoms with Crippen molar-refractivity contribution < 1.29 is 9.59 Å². The van der Waals surface area contributed by atoms with Gasteiger partial charge in [-0.05, 0) is 32.6 Å². The van der Waals surface area contributed by atoms with Gasteiger partial charge in [-0.15, -0.1) is 0 Å². The number of carbonyl (C=O) groups excluding carboxylic acids is 2. The minimum atomic E-state index is -0.144. The second-order valence-electron chi connectivity index (χ2n) is 4.68. The average Bonchev–Trinajstić information content (AvgIpc) is 2.91. The molecule has 1 aliphatic carbocycles. The molecule has 1 saturated heterocycles. The molecule has 1 heterocycles. The normalized spacial score (nSPS) is 23.7. The Hall–Kier alpha value is -1.06. The molecule has 0 aromatic rings. The Kier molecular flexibility index (Phi) is 2.01. The molecule has 2 rings (SSSR count). The van der Waals surface area contributed by atoms with Gasteiger partial charge in [-0.25, -0.2) is 0 Å². The van der Waals surface area contributed by atoms with Crippen LogP contribution in [-0.2, 0) is 9.59 Å². The van der Waals surface area contributed by atoms with Crippen molar-refractivity contribution in [3.8, 4) is 0 Å². The van der Waals surface area contributed by atoms with Crippen LogP contribution in [0.1, 0.15) is 26.7 Å². The smallest absolute Gasteiger partial charge is 0.242 e. The van der Waals surface area contributed by atoms with Crippen molar-refractivity contribution >= 4 is 11.8 Å². The van der Waals surface area contributed by atoms with Gasteiger partial charge >= 0.3 is 0 Å². The lowest BCUT2D eigenvalue weighted by Crippen LogP contribution is -2.59. The lowest BCUT2D eigenvalue weighted by molar-refractivity contribution is -0.146. The van der Waals surface area contributed by atoms with Crippen LogP contribution in [0.2, 0.25) is 0 Å². The van der Waals surface area contributed by atoms with Gasteiger partial charge in [-0.3, -0.25) is 9.59 Å². The highest BCUT2D eigenvalue weighted by Gasteiger charge is 2.45. The fraction of sp³-hybridized carbons (Fsp3) is 0.800. The number of piperazine rings is 1. The summed E-state index contributed by atoms with van der Waals surface area (Å²) in [6, 6.07) is 0. The fourth-order valence-electron chi connectivity index (χ4n) is 2.09. The third-order valence-electron chi connectivity index (χ3n) is 3.31. The summed E-state index contributed by atoms with van der Waals surface area (Å²) in [5.41, 5.74) is -0.144. The van der Waals surface area contributed by atoms with E-state index in [4.69, 9.17) is 0 Å². The molecular formula is C10H16N2O2. The molecule has 4 nitrogen and oxygen atoms in total. The molecular weight excluding hydrogens is 180 g/mol. The SMILES string of the molecule is CC(C)(C1CC1)N1CC(=O)NCC1=O. The van der Waals surface area contributed by atoms with Crippen LogP contribution >= 0.6 is 0 Å². The van der Waals surface area contributed by atoms with Crippen LogP contribution in [0.4, 0.5) is 0 Å². The lowest BCUT2D eigenvalue weighted by atomic mass is 9.95. The van der Waals surface area contributed by atoms with Crippen LogP contribution in [0, 0.1) is 5.92 Å². The van der Waals surface area contributed by atoms with Crippen LogP contribution < -0.4 is 5.32 Å². The summed E-state index contributed by atoms with van der Waals surface area (Å²) in [6.07, 6.45) is 2.36. The topological polar surface area (TPSA) is 49.4 Å². The summed E-state index contributed by atoms with van der Waals surface area (Å²) in [7, 11) is 0. The monoisotopic (exact) mass is 196 g/mol. The minimum Gasteiger partial charge on any atom is -0.345 e. The highest BCUT2D eigenvalue weighted by atomic mass is 16.2. The highest BCUT2D eigenvalue weighted by molar-refractivity contribution is 5.92. The molecule has 0 atom stereocenters. The summed E-state index contributed by atoms with van der Waals surface area (Å²) >= 11 is 0. The molecule has 78 valence electrons. The van der Waals surface area contributed by atoms with Gasteiger partial charge in [0, 0.05) is 5.54 Å². The van der Waals surface area contributed by atoms with Crippen molar-refractivity contribution in [3.63, 3.8) is 0 Å². The van der Waals surface area contributed by atoms with E-state index in [1.54, 1.807) is 4.90 Å².